The fourth-order valence-corrected chi connectivity index (χ4v) is 0.522. The van der Waals surface area contributed by atoms with Crippen molar-refractivity contribution in [3.8, 4) is 0 Å². The molecule has 0 bridgehead atoms. The summed E-state index contributed by atoms with van der Waals surface area (Å²) < 4.78 is 0. The standard InChI is InChI=1S/C8H11BO/c1-3-4-8(9)5-7(2)6-10/h3-5,10H,2,6H2,1H3/b4-3-,8-5+. The van der Waals surface area contributed by atoms with Crippen LogP contribution in [0.15, 0.2) is 35.9 Å². The van der Waals surface area contributed by atoms with Crippen molar-refractivity contribution in [1.82, 2.24) is 0 Å². The van der Waals surface area contributed by atoms with Gasteiger partial charge in [0.2, 0.25) is 0 Å². The van der Waals surface area contributed by atoms with Crippen molar-refractivity contribution < 1.29 is 5.11 Å². The highest BCUT2D eigenvalue weighted by atomic mass is 16.3. The van der Waals surface area contributed by atoms with Crippen LogP contribution in [0.2, 0.25) is 0 Å². The van der Waals surface area contributed by atoms with E-state index in [-0.39, 0.29) is 6.61 Å². The third-order valence-electron chi connectivity index (χ3n) is 0.933. The molecule has 0 unspecified atom stereocenters. The van der Waals surface area contributed by atoms with Crippen LogP contribution >= 0.6 is 0 Å². The zero-order chi connectivity index (χ0) is 7.98. The Morgan fingerprint density at radius 2 is 2.30 bits per heavy atom. The Balaban J connectivity index is 4.02. The van der Waals surface area contributed by atoms with Crippen LogP contribution < -0.4 is 0 Å². The molecule has 0 aliphatic rings. The summed E-state index contributed by atoms with van der Waals surface area (Å²) in [5.74, 6) is 0. The molecule has 52 valence electrons. The molecule has 0 amide bonds. The second-order valence-corrected chi connectivity index (χ2v) is 1.96. The lowest BCUT2D eigenvalue weighted by Gasteiger charge is -1.93. The summed E-state index contributed by atoms with van der Waals surface area (Å²) in [6.45, 7) is 5.39. The summed E-state index contributed by atoms with van der Waals surface area (Å²) in [4.78, 5) is 0. The topological polar surface area (TPSA) is 20.2 Å². The molecular formula is C8H11BO. The number of hydrogen-bond acceptors (Lipinski definition) is 1. The molecule has 0 aromatic heterocycles. The Bertz CT molecular complexity index is 168. The highest BCUT2D eigenvalue weighted by Gasteiger charge is 1.84. The van der Waals surface area contributed by atoms with E-state index in [1.165, 1.54) is 0 Å². The van der Waals surface area contributed by atoms with E-state index in [1.807, 2.05) is 13.0 Å². The summed E-state index contributed by atoms with van der Waals surface area (Å²) in [7, 11) is 5.46. The number of aliphatic hydroxyl groups excluding tert-OH is 1. The summed E-state index contributed by atoms with van der Waals surface area (Å²) in [6.07, 6.45) is 5.22. The van der Waals surface area contributed by atoms with E-state index in [0.717, 1.165) is 0 Å². The molecular weight excluding hydrogens is 123 g/mol. The Morgan fingerprint density at radius 3 is 2.70 bits per heavy atom. The minimum absolute atomic E-state index is 0.0434. The van der Waals surface area contributed by atoms with Gasteiger partial charge in [-0.15, -0.1) is 0 Å². The number of hydrogen-bond donors (Lipinski definition) is 1. The normalized spacial score (nSPS) is 12.4. The van der Waals surface area contributed by atoms with Crippen LogP contribution in [0.3, 0.4) is 0 Å². The molecule has 0 aromatic carbocycles. The van der Waals surface area contributed by atoms with Crippen LogP contribution in [0.1, 0.15) is 6.92 Å². The summed E-state index contributed by atoms with van der Waals surface area (Å²) >= 11 is 0. The Hall–Kier alpha value is -0.755. The molecule has 0 aromatic rings. The van der Waals surface area contributed by atoms with E-state index in [2.05, 4.69) is 6.58 Å². The van der Waals surface area contributed by atoms with E-state index in [4.69, 9.17) is 13.0 Å². The van der Waals surface area contributed by atoms with Crippen LogP contribution in [0.4, 0.5) is 0 Å². The lowest BCUT2D eigenvalue weighted by molar-refractivity contribution is 0.335. The summed E-state index contributed by atoms with van der Waals surface area (Å²) in [5.41, 5.74) is 1.23. The molecule has 0 saturated heterocycles. The van der Waals surface area contributed by atoms with Gasteiger partial charge in [-0.25, -0.2) is 0 Å². The van der Waals surface area contributed by atoms with Gasteiger partial charge in [0.15, 0.2) is 0 Å². The number of rotatable bonds is 3. The highest BCUT2D eigenvalue weighted by Crippen LogP contribution is 1.97. The average Bonchev–Trinajstić information content (AvgIpc) is 1.88. The SMILES string of the molecule is [B]C(/C=C\C)=C/C(=C)CO. The largest absolute Gasteiger partial charge is 0.392 e. The first kappa shape index (κ1) is 9.24. The maximum atomic E-state index is 8.53. The molecule has 0 fully saturated rings. The molecule has 2 radical (unpaired) electrons. The average molecular weight is 134 g/mol. The van der Waals surface area contributed by atoms with E-state index in [9.17, 15) is 0 Å². The zero-order valence-electron chi connectivity index (χ0n) is 6.17. The maximum absolute atomic E-state index is 8.53. The Kier molecular flexibility index (Phi) is 4.68. The minimum Gasteiger partial charge on any atom is -0.392 e. The van der Waals surface area contributed by atoms with Crippen molar-refractivity contribution in [3.05, 3.63) is 35.9 Å². The molecule has 0 aliphatic heterocycles. The number of aliphatic hydroxyl groups is 1. The molecule has 10 heavy (non-hydrogen) atoms. The molecule has 0 atom stereocenters. The fraction of sp³-hybridized carbons (Fsp3) is 0.250. The lowest BCUT2D eigenvalue weighted by atomic mass is 9.93. The van der Waals surface area contributed by atoms with Crippen molar-refractivity contribution in [2.24, 2.45) is 0 Å². The van der Waals surface area contributed by atoms with Gasteiger partial charge in [0.05, 0.1) is 6.61 Å². The van der Waals surface area contributed by atoms with E-state index in [0.29, 0.717) is 11.0 Å². The minimum atomic E-state index is -0.0434. The quantitative estimate of drug-likeness (QED) is 0.453. The monoisotopic (exact) mass is 134 g/mol. The van der Waals surface area contributed by atoms with Gasteiger partial charge in [-0.2, -0.15) is 0 Å². The molecule has 0 rings (SSSR count). The smallest absolute Gasteiger partial charge is 0.113 e. The molecule has 2 heteroatoms. The third-order valence-corrected chi connectivity index (χ3v) is 0.933. The summed E-state index contributed by atoms with van der Waals surface area (Å²) in [5, 5.41) is 8.53. The summed E-state index contributed by atoms with van der Waals surface area (Å²) in [6, 6.07) is 0. The van der Waals surface area contributed by atoms with Crippen molar-refractivity contribution in [2.75, 3.05) is 6.61 Å². The van der Waals surface area contributed by atoms with Crippen molar-refractivity contribution in [3.63, 3.8) is 0 Å². The van der Waals surface area contributed by atoms with Crippen molar-refractivity contribution >= 4 is 7.85 Å². The van der Waals surface area contributed by atoms with Gasteiger partial charge in [0, 0.05) is 0 Å². The van der Waals surface area contributed by atoms with Gasteiger partial charge >= 0.3 is 0 Å². The van der Waals surface area contributed by atoms with Gasteiger partial charge in [-0.3, -0.25) is 0 Å². The molecule has 1 nitrogen and oxygen atoms in total. The molecule has 0 saturated carbocycles. The van der Waals surface area contributed by atoms with Crippen molar-refractivity contribution in [1.29, 1.82) is 0 Å². The fourth-order valence-electron chi connectivity index (χ4n) is 0.522. The molecule has 0 aliphatic carbocycles. The van der Waals surface area contributed by atoms with Gasteiger partial charge < -0.3 is 5.11 Å². The maximum Gasteiger partial charge on any atom is 0.113 e. The van der Waals surface area contributed by atoms with Crippen molar-refractivity contribution in [2.45, 2.75) is 6.92 Å². The van der Waals surface area contributed by atoms with Crippen LogP contribution in [-0.4, -0.2) is 19.6 Å². The third kappa shape index (κ3) is 4.16. The van der Waals surface area contributed by atoms with Crippen LogP contribution in [-0.2, 0) is 0 Å². The van der Waals surface area contributed by atoms with Crippen LogP contribution in [0.5, 0.6) is 0 Å². The van der Waals surface area contributed by atoms with Gasteiger partial charge in [0.1, 0.15) is 7.85 Å². The molecule has 0 spiro atoms. The van der Waals surface area contributed by atoms with E-state index in [1.54, 1.807) is 12.2 Å². The van der Waals surface area contributed by atoms with E-state index < -0.39 is 0 Å². The van der Waals surface area contributed by atoms with Crippen LogP contribution in [0.25, 0.3) is 0 Å². The molecule has 0 heterocycles. The second-order valence-electron chi connectivity index (χ2n) is 1.96. The first-order valence-electron chi connectivity index (χ1n) is 3.09. The van der Waals surface area contributed by atoms with Gasteiger partial charge in [0.25, 0.3) is 0 Å². The van der Waals surface area contributed by atoms with Gasteiger partial charge in [-0.05, 0) is 12.5 Å². The second kappa shape index (κ2) is 5.06. The Labute approximate surface area is 63.2 Å². The lowest BCUT2D eigenvalue weighted by Crippen LogP contribution is -1.85. The molecule has 1 N–H and O–H groups in total. The highest BCUT2D eigenvalue weighted by molar-refractivity contribution is 6.23. The predicted molar refractivity (Wildman–Crippen MR) is 44.9 cm³/mol. The number of allylic oxidation sites excluding steroid dienone is 3. The van der Waals surface area contributed by atoms with Crippen LogP contribution in [0, 0.1) is 0 Å². The predicted octanol–water partition coefficient (Wildman–Crippen LogP) is 1.16. The first-order chi connectivity index (χ1) is 4.70. The van der Waals surface area contributed by atoms with E-state index >= 15 is 0 Å². The van der Waals surface area contributed by atoms with Gasteiger partial charge in [-0.1, -0.05) is 30.3 Å². The first-order valence-corrected chi connectivity index (χ1v) is 3.09. The zero-order valence-corrected chi connectivity index (χ0v) is 6.17. The Morgan fingerprint density at radius 1 is 1.70 bits per heavy atom.